The number of hydrogen-bond donors (Lipinski definition) is 2. The average Bonchev–Trinajstić information content (AvgIpc) is 2.74. The highest BCUT2D eigenvalue weighted by Gasteiger charge is 2.27. The number of piperazine rings is 1. The maximum atomic E-state index is 14.8. The number of halogens is 1. The first-order valence-electron chi connectivity index (χ1n) is 8.98. The van der Waals surface area contributed by atoms with Gasteiger partial charge in [0.2, 0.25) is 0 Å². The van der Waals surface area contributed by atoms with Gasteiger partial charge in [-0.25, -0.2) is 9.37 Å². The van der Waals surface area contributed by atoms with E-state index in [1.165, 1.54) is 18.5 Å². The molecule has 1 saturated heterocycles. The lowest BCUT2D eigenvalue weighted by Crippen LogP contribution is -2.46. The summed E-state index contributed by atoms with van der Waals surface area (Å²) in [6, 6.07) is 12.3. The van der Waals surface area contributed by atoms with Crippen LogP contribution in [0.1, 0.15) is 0 Å². The molecule has 4 rings (SSSR count). The Kier molecular flexibility index (Phi) is 5.54. The number of aromatic nitrogens is 2. The molecule has 1 fully saturated rings. The fraction of sp³-hybridized carbons (Fsp3) is 0.200. The Morgan fingerprint density at radius 1 is 1.04 bits per heavy atom. The van der Waals surface area contributed by atoms with Gasteiger partial charge >= 0.3 is 0 Å². The molecule has 1 atom stereocenters. The summed E-state index contributed by atoms with van der Waals surface area (Å²) < 4.78 is 29.8. The predicted octanol–water partition coefficient (Wildman–Crippen LogP) is 2.46. The third kappa shape index (κ3) is 3.85. The van der Waals surface area contributed by atoms with Crippen LogP contribution in [-0.2, 0) is 11.4 Å². The third-order valence-corrected chi connectivity index (χ3v) is 6.18. The number of nitrogens with zero attached hydrogens (tertiary/aromatic N) is 3. The number of hydrogen-bond acceptors (Lipinski definition) is 6. The van der Waals surface area contributed by atoms with Gasteiger partial charge in [-0.2, -0.15) is 0 Å². The molecule has 1 aromatic heterocycles. The van der Waals surface area contributed by atoms with Gasteiger partial charge in [0.15, 0.2) is 4.90 Å². The molecule has 0 bridgehead atoms. The summed E-state index contributed by atoms with van der Waals surface area (Å²) in [7, 11) is 0. The number of anilines is 1. The minimum absolute atomic E-state index is 0.282. The van der Waals surface area contributed by atoms with Crippen molar-refractivity contribution in [2.75, 3.05) is 31.9 Å². The first kappa shape index (κ1) is 18.8. The number of rotatable bonds is 4. The molecule has 144 valence electrons. The van der Waals surface area contributed by atoms with Gasteiger partial charge in [-0.05, 0) is 29.8 Å². The van der Waals surface area contributed by atoms with Gasteiger partial charge in [0.25, 0.3) is 0 Å². The summed E-state index contributed by atoms with van der Waals surface area (Å²) >= 11 is -1.30. The Morgan fingerprint density at radius 2 is 1.82 bits per heavy atom. The minimum atomic E-state index is -1.30. The lowest BCUT2D eigenvalue weighted by Gasteiger charge is -2.28. The van der Waals surface area contributed by atoms with Crippen LogP contribution in [-0.4, -0.2) is 45.0 Å². The van der Waals surface area contributed by atoms with Crippen LogP contribution in [0.3, 0.4) is 0 Å². The van der Waals surface area contributed by atoms with Crippen molar-refractivity contribution in [1.82, 2.24) is 19.6 Å². The molecule has 1 aliphatic rings. The molecular weight excluding hydrogens is 377 g/mol. The largest absolute Gasteiger partial charge is 0.593 e. The zero-order valence-corrected chi connectivity index (χ0v) is 16.0. The first-order chi connectivity index (χ1) is 13.6. The van der Waals surface area contributed by atoms with Crippen LogP contribution in [0.5, 0.6) is 0 Å². The standard InChI is InChI=1S/C20H20FN5OS/c21-17-11-14(5-6-16(17)18-12-25-20(22)13-24-18)15-3-1-2-4-19(15)28(27)26-9-7-23-8-10-26/h1-6,11-13,23H,7-10H2,(H2,22,25). The van der Waals surface area contributed by atoms with Crippen molar-refractivity contribution in [2.45, 2.75) is 4.90 Å². The van der Waals surface area contributed by atoms with Gasteiger partial charge in [0, 0.05) is 24.2 Å². The van der Waals surface area contributed by atoms with Gasteiger partial charge in [-0.1, -0.05) is 18.2 Å². The summed E-state index contributed by atoms with van der Waals surface area (Å²) in [5, 5.41) is 3.26. The average molecular weight is 397 g/mol. The van der Waals surface area contributed by atoms with E-state index < -0.39 is 17.2 Å². The molecule has 0 aliphatic carbocycles. The fourth-order valence-electron chi connectivity index (χ4n) is 3.17. The van der Waals surface area contributed by atoms with Crippen LogP contribution in [0.4, 0.5) is 10.2 Å². The normalized spacial score (nSPS) is 16.1. The lowest BCUT2D eigenvalue weighted by atomic mass is 10.0. The second-order valence-corrected chi connectivity index (χ2v) is 7.90. The molecule has 3 aromatic rings. The van der Waals surface area contributed by atoms with E-state index in [0.29, 0.717) is 34.8 Å². The minimum Gasteiger partial charge on any atom is -0.593 e. The maximum Gasteiger partial charge on any atom is 0.181 e. The molecule has 1 unspecified atom stereocenters. The highest BCUT2D eigenvalue weighted by molar-refractivity contribution is 7.89. The molecule has 1 aliphatic heterocycles. The molecule has 2 aromatic carbocycles. The van der Waals surface area contributed by atoms with Crippen molar-refractivity contribution in [3.05, 3.63) is 60.7 Å². The number of nitrogens with two attached hydrogens (primary N) is 1. The molecule has 0 amide bonds. The van der Waals surface area contributed by atoms with Crippen molar-refractivity contribution in [3.63, 3.8) is 0 Å². The molecule has 0 spiro atoms. The molecule has 2 heterocycles. The van der Waals surface area contributed by atoms with Gasteiger partial charge in [-0.15, -0.1) is 4.31 Å². The van der Waals surface area contributed by atoms with E-state index in [9.17, 15) is 8.94 Å². The van der Waals surface area contributed by atoms with Crippen LogP contribution in [0.15, 0.2) is 59.8 Å². The summed E-state index contributed by atoms with van der Waals surface area (Å²) in [6.45, 7) is 3.04. The molecule has 8 heteroatoms. The highest BCUT2D eigenvalue weighted by atomic mass is 32.2. The van der Waals surface area contributed by atoms with E-state index >= 15 is 0 Å². The van der Waals surface area contributed by atoms with Crippen molar-refractivity contribution < 1.29 is 8.94 Å². The van der Waals surface area contributed by atoms with Gasteiger partial charge in [0.05, 0.1) is 42.5 Å². The Morgan fingerprint density at radius 3 is 2.54 bits per heavy atom. The van der Waals surface area contributed by atoms with E-state index in [-0.39, 0.29) is 5.82 Å². The SMILES string of the molecule is Nc1cnc(-c2ccc(-c3ccccc3[S+]([O-])N3CCNCC3)cc2F)cn1. The summed E-state index contributed by atoms with van der Waals surface area (Å²) in [5.74, 6) is -0.135. The molecule has 28 heavy (non-hydrogen) atoms. The Hall–Kier alpha value is -2.52. The van der Waals surface area contributed by atoms with E-state index in [4.69, 9.17) is 5.73 Å². The van der Waals surface area contributed by atoms with Crippen molar-refractivity contribution >= 4 is 17.2 Å². The predicted molar refractivity (Wildman–Crippen MR) is 108 cm³/mol. The number of nitrogens with one attached hydrogen (secondary N) is 1. The van der Waals surface area contributed by atoms with Crippen LogP contribution in [0.25, 0.3) is 22.4 Å². The van der Waals surface area contributed by atoms with Gasteiger partial charge in [0.1, 0.15) is 11.6 Å². The lowest BCUT2D eigenvalue weighted by molar-refractivity contribution is 0.360. The first-order valence-corrected chi connectivity index (χ1v) is 10.1. The Labute approximate surface area is 165 Å². The maximum absolute atomic E-state index is 14.8. The highest BCUT2D eigenvalue weighted by Crippen LogP contribution is 2.32. The quantitative estimate of drug-likeness (QED) is 0.658. The second kappa shape index (κ2) is 8.24. The molecule has 6 nitrogen and oxygen atoms in total. The van der Waals surface area contributed by atoms with E-state index in [1.807, 2.05) is 34.6 Å². The summed E-state index contributed by atoms with van der Waals surface area (Å²) in [5.41, 5.74) is 7.73. The molecule has 0 radical (unpaired) electrons. The van der Waals surface area contributed by atoms with Crippen LogP contribution in [0, 0.1) is 5.82 Å². The topological polar surface area (TPSA) is 90.1 Å². The van der Waals surface area contributed by atoms with E-state index in [2.05, 4.69) is 15.3 Å². The fourth-order valence-corrected chi connectivity index (χ4v) is 4.54. The zero-order chi connectivity index (χ0) is 19.5. The third-order valence-electron chi connectivity index (χ3n) is 4.61. The van der Waals surface area contributed by atoms with Crippen LogP contribution < -0.4 is 11.1 Å². The molecular formula is C20H20FN5OS. The number of nitrogen functional groups attached to an aromatic ring is 1. The zero-order valence-electron chi connectivity index (χ0n) is 15.1. The van der Waals surface area contributed by atoms with Crippen molar-refractivity contribution in [3.8, 4) is 22.4 Å². The summed E-state index contributed by atoms with van der Waals surface area (Å²) in [6.07, 6.45) is 2.84. The van der Waals surface area contributed by atoms with Crippen LogP contribution >= 0.6 is 0 Å². The van der Waals surface area contributed by atoms with Gasteiger partial charge < -0.3 is 15.6 Å². The summed E-state index contributed by atoms with van der Waals surface area (Å²) in [4.78, 5) is 8.78. The van der Waals surface area contributed by atoms with E-state index in [1.54, 1.807) is 6.07 Å². The van der Waals surface area contributed by atoms with Crippen LogP contribution in [0.2, 0.25) is 0 Å². The van der Waals surface area contributed by atoms with E-state index in [0.717, 1.165) is 18.7 Å². The Bertz CT molecular complexity index is 963. The van der Waals surface area contributed by atoms with Crippen molar-refractivity contribution in [1.29, 1.82) is 0 Å². The number of benzene rings is 2. The smallest absolute Gasteiger partial charge is 0.181 e. The Balaban J connectivity index is 1.68. The molecule has 0 saturated carbocycles. The monoisotopic (exact) mass is 397 g/mol. The van der Waals surface area contributed by atoms with Gasteiger partial charge in [-0.3, -0.25) is 4.98 Å². The van der Waals surface area contributed by atoms with Crippen molar-refractivity contribution in [2.24, 2.45) is 0 Å². The molecule has 3 N–H and O–H groups in total. The second-order valence-electron chi connectivity index (χ2n) is 6.45.